The van der Waals surface area contributed by atoms with Crippen molar-refractivity contribution in [2.45, 2.75) is 20.3 Å². The van der Waals surface area contributed by atoms with Gasteiger partial charge in [-0.15, -0.1) is 0 Å². The van der Waals surface area contributed by atoms with Gasteiger partial charge in [0.1, 0.15) is 0 Å². The third-order valence-electron chi connectivity index (χ3n) is 2.50. The Bertz CT molecular complexity index is 505. The van der Waals surface area contributed by atoms with Crippen LogP contribution in [0, 0.1) is 0 Å². The van der Waals surface area contributed by atoms with Crippen molar-refractivity contribution in [3.8, 4) is 0 Å². The Morgan fingerprint density at radius 1 is 1.16 bits per heavy atom. The summed E-state index contributed by atoms with van der Waals surface area (Å²) in [7, 11) is 3.66. The first kappa shape index (κ1) is 15.0. The fraction of sp³-hybridized carbons (Fsp3) is 0.333. The zero-order valence-corrected chi connectivity index (χ0v) is 11.9. The molecule has 1 aliphatic heterocycles. The molecular weight excluding hydrogens is 240 g/mol. The number of hydrogen-bond donors (Lipinski definition) is 1. The van der Waals surface area contributed by atoms with Gasteiger partial charge in [-0.3, -0.25) is 9.59 Å². The minimum Gasteiger partial charge on any atom is -0.383 e. The van der Waals surface area contributed by atoms with Crippen molar-refractivity contribution in [2.75, 3.05) is 19.4 Å². The third-order valence-corrected chi connectivity index (χ3v) is 2.50. The number of benzene rings is 1. The van der Waals surface area contributed by atoms with Crippen LogP contribution in [0.5, 0.6) is 0 Å². The summed E-state index contributed by atoms with van der Waals surface area (Å²) in [6, 6.07) is 7.06. The maximum Gasteiger partial charge on any atom is 0.229 e. The highest BCUT2D eigenvalue weighted by Gasteiger charge is 2.23. The summed E-state index contributed by atoms with van der Waals surface area (Å²) in [6.07, 6.45) is 1.82. The first-order valence-electron chi connectivity index (χ1n) is 6.38. The van der Waals surface area contributed by atoms with Crippen LogP contribution in [0.15, 0.2) is 36.0 Å². The number of rotatable bonds is 1. The minimum absolute atomic E-state index is 0.0901. The second-order valence-electron chi connectivity index (χ2n) is 4.22. The lowest BCUT2D eigenvalue weighted by molar-refractivity contribution is -0.115. The van der Waals surface area contributed by atoms with Crippen LogP contribution in [-0.4, -0.2) is 30.7 Å². The molecule has 0 saturated heterocycles. The number of anilines is 1. The largest absolute Gasteiger partial charge is 0.383 e. The SMILES string of the molecule is CC.CN(C)/C=C1/CC(=O)Nc2ccccc2C1=O. The van der Waals surface area contributed by atoms with Crippen molar-refractivity contribution in [3.63, 3.8) is 0 Å². The Hall–Kier alpha value is -2.10. The number of nitrogens with zero attached hydrogens (tertiary/aromatic N) is 1. The number of fused-ring (bicyclic) bond motifs is 1. The molecule has 1 amide bonds. The van der Waals surface area contributed by atoms with Gasteiger partial charge in [0.05, 0.1) is 12.1 Å². The van der Waals surface area contributed by atoms with Gasteiger partial charge in [0.15, 0.2) is 5.78 Å². The smallest absolute Gasteiger partial charge is 0.229 e. The van der Waals surface area contributed by atoms with Crippen LogP contribution in [0.2, 0.25) is 0 Å². The van der Waals surface area contributed by atoms with E-state index in [9.17, 15) is 9.59 Å². The van der Waals surface area contributed by atoms with E-state index < -0.39 is 0 Å². The van der Waals surface area contributed by atoms with Crippen LogP contribution in [0.25, 0.3) is 0 Å². The quantitative estimate of drug-likeness (QED) is 0.790. The number of hydrogen-bond acceptors (Lipinski definition) is 3. The Balaban J connectivity index is 0.000000861. The molecule has 1 N–H and O–H groups in total. The molecule has 0 atom stereocenters. The molecule has 0 saturated carbocycles. The molecule has 0 fully saturated rings. The van der Waals surface area contributed by atoms with Crippen molar-refractivity contribution in [2.24, 2.45) is 0 Å². The topological polar surface area (TPSA) is 49.4 Å². The number of ketones is 1. The Kier molecular flexibility index (Phi) is 5.30. The second kappa shape index (κ2) is 6.73. The van der Waals surface area contributed by atoms with Gasteiger partial charge in [-0.05, 0) is 12.1 Å². The number of amides is 1. The summed E-state index contributed by atoms with van der Waals surface area (Å²) in [4.78, 5) is 25.7. The zero-order chi connectivity index (χ0) is 14.4. The molecule has 102 valence electrons. The normalized spacial score (nSPS) is 15.9. The molecule has 0 radical (unpaired) electrons. The maximum absolute atomic E-state index is 12.2. The molecular formula is C15H20N2O2. The van der Waals surface area contributed by atoms with Gasteiger partial charge < -0.3 is 10.2 Å². The van der Waals surface area contributed by atoms with Gasteiger partial charge >= 0.3 is 0 Å². The van der Waals surface area contributed by atoms with Crippen LogP contribution in [0.4, 0.5) is 5.69 Å². The molecule has 4 nitrogen and oxygen atoms in total. The predicted molar refractivity (Wildman–Crippen MR) is 77.1 cm³/mol. The van der Waals surface area contributed by atoms with Crippen molar-refractivity contribution in [1.29, 1.82) is 0 Å². The van der Waals surface area contributed by atoms with E-state index in [0.29, 0.717) is 16.8 Å². The minimum atomic E-state index is -0.156. The summed E-state index contributed by atoms with van der Waals surface area (Å²) in [5, 5.41) is 2.74. The molecule has 0 spiro atoms. The van der Waals surface area contributed by atoms with E-state index in [2.05, 4.69) is 5.32 Å². The average molecular weight is 260 g/mol. The van der Waals surface area contributed by atoms with Crippen molar-refractivity contribution in [3.05, 3.63) is 41.6 Å². The molecule has 1 aromatic carbocycles. The summed E-state index contributed by atoms with van der Waals surface area (Å²) in [5.41, 5.74) is 1.65. The first-order chi connectivity index (χ1) is 9.08. The van der Waals surface area contributed by atoms with Crippen LogP contribution in [0.3, 0.4) is 0 Å². The summed E-state index contributed by atoms with van der Waals surface area (Å²) in [5.74, 6) is -0.246. The van der Waals surface area contributed by atoms with Crippen LogP contribution < -0.4 is 5.32 Å². The summed E-state index contributed by atoms with van der Waals surface area (Å²) < 4.78 is 0. The van der Waals surface area contributed by atoms with Crippen LogP contribution in [-0.2, 0) is 4.79 Å². The highest BCUT2D eigenvalue weighted by Crippen LogP contribution is 2.24. The molecule has 0 unspecified atom stereocenters. The number of carbonyl (C=O) groups excluding carboxylic acids is 2. The van der Waals surface area contributed by atoms with Gasteiger partial charge in [0, 0.05) is 31.4 Å². The van der Waals surface area contributed by atoms with E-state index in [1.165, 1.54) is 0 Å². The monoisotopic (exact) mass is 260 g/mol. The molecule has 0 aliphatic carbocycles. The first-order valence-corrected chi connectivity index (χ1v) is 6.38. The van der Waals surface area contributed by atoms with Crippen LogP contribution >= 0.6 is 0 Å². The van der Waals surface area contributed by atoms with E-state index in [0.717, 1.165) is 0 Å². The van der Waals surface area contributed by atoms with E-state index in [-0.39, 0.29) is 18.1 Å². The molecule has 1 heterocycles. The Morgan fingerprint density at radius 2 is 1.79 bits per heavy atom. The average Bonchev–Trinajstić information content (AvgIpc) is 2.50. The standard InChI is InChI=1S/C13H14N2O2.C2H6/c1-15(2)8-9-7-12(16)14-11-6-4-3-5-10(11)13(9)17;1-2/h3-6,8H,7H2,1-2H3,(H,14,16);1-2H3/b9-8-;. The maximum atomic E-state index is 12.2. The predicted octanol–water partition coefficient (Wildman–Crippen LogP) is 2.68. The fourth-order valence-electron chi connectivity index (χ4n) is 1.83. The lowest BCUT2D eigenvalue weighted by Crippen LogP contribution is -2.12. The van der Waals surface area contributed by atoms with E-state index in [1.54, 1.807) is 35.4 Å². The number of nitrogens with one attached hydrogen (secondary N) is 1. The van der Waals surface area contributed by atoms with Crippen LogP contribution in [0.1, 0.15) is 30.6 Å². The van der Waals surface area contributed by atoms with Gasteiger partial charge in [0.25, 0.3) is 0 Å². The van der Waals surface area contributed by atoms with Gasteiger partial charge in [-0.25, -0.2) is 0 Å². The summed E-state index contributed by atoms with van der Waals surface area (Å²) >= 11 is 0. The second-order valence-corrected chi connectivity index (χ2v) is 4.22. The number of para-hydroxylation sites is 1. The summed E-state index contributed by atoms with van der Waals surface area (Å²) in [6.45, 7) is 4.00. The third kappa shape index (κ3) is 3.68. The Labute approximate surface area is 114 Å². The van der Waals surface area contributed by atoms with Gasteiger partial charge in [0.2, 0.25) is 5.91 Å². The van der Waals surface area contributed by atoms with E-state index >= 15 is 0 Å². The zero-order valence-electron chi connectivity index (χ0n) is 11.9. The fourth-order valence-corrected chi connectivity index (χ4v) is 1.83. The van der Waals surface area contributed by atoms with Gasteiger partial charge in [-0.2, -0.15) is 0 Å². The number of Topliss-reactive ketones (excluding diaryl/α,β-unsaturated/α-hetero) is 1. The highest BCUT2D eigenvalue weighted by molar-refractivity contribution is 6.18. The number of carbonyl (C=O) groups is 2. The lowest BCUT2D eigenvalue weighted by atomic mass is 10.0. The molecule has 1 aromatic rings. The highest BCUT2D eigenvalue weighted by atomic mass is 16.2. The molecule has 0 aromatic heterocycles. The van der Waals surface area contributed by atoms with Crippen molar-refractivity contribution >= 4 is 17.4 Å². The van der Waals surface area contributed by atoms with E-state index in [4.69, 9.17) is 0 Å². The Morgan fingerprint density at radius 3 is 2.42 bits per heavy atom. The molecule has 19 heavy (non-hydrogen) atoms. The lowest BCUT2D eigenvalue weighted by Gasteiger charge is -2.08. The molecule has 2 rings (SSSR count). The van der Waals surface area contributed by atoms with E-state index in [1.807, 2.05) is 27.9 Å². The molecule has 0 bridgehead atoms. The van der Waals surface area contributed by atoms with Gasteiger partial charge in [-0.1, -0.05) is 26.0 Å². The van der Waals surface area contributed by atoms with Crippen molar-refractivity contribution < 1.29 is 9.59 Å². The molecule has 4 heteroatoms. The molecule has 1 aliphatic rings. The van der Waals surface area contributed by atoms with Crippen molar-refractivity contribution in [1.82, 2.24) is 4.90 Å².